The fourth-order valence-electron chi connectivity index (χ4n) is 2.11. The van der Waals surface area contributed by atoms with Crippen LogP contribution in [0.1, 0.15) is 48.7 Å². The van der Waals surface area contributed by atoms with E-state index >= 15 is 0 Å². The average molecular weight is 247 g/mol. The molecule has 1 aromatic rings. The molecule has 0 aromatic carbocycles. The molecule has 0 saturated heterocycles. The second kappa shape index (κ2) is 5.92. The highest BCUT2D eigenvalue weighted by molar-refractivity contribution is 7.09. The highest BCUT2D eigenvalue weighted by Crippen LogP contribution is 2.22. The lowest BCUT2D eigenvalue weighted by atomic mass is 9.96. The van der Waals surface area contributed by atoms with Crippen LogP contribution >= 0.6 is 11.3 Å². The first-order chi connectivity index (χ1) is 8.29. The van der Waals surface area contributed by atoms with E-state index in [9.17, 15) is 0 Å². The summed E-state index contributed by atoms with van der Waals surface area (Å²) < 4.78 is 0. The van der Waals surface area contributed by atoms with Gasteiger partial charge >= 0.3 is 0 Å². The maximum Gasteiger partial charge on any atom is 0.133 e. The summed E-state index contributed by atoms with van der Waals surface area (Å²) in [5.41, 5.74) is 0.983. The number of aromatic nitrogens is 1. The Labute approximate surface area is 106 Å². The number of nitriles is 1. The van der Waals surface area contributed by atoms with Gasteiger partial charge in [0.25, 0.3) is 0 Å². The van der Waals surface area contributed by atoms with Gasteiger partial charge in [0.2, 0.25) is 0 Å². The fourth-order valence-corrected chi connectivity index (χ4v) is 2.91. The number of rotatable bonds is 3. The van der Waals surface area contributed by atoms with Gasteiger partial charge in [-0.1, -0.05) is 19.3 Å². The van der Waals surface area contributed by atoms with E-state index in [1.807, 2.05) is 12.3 Å². The van der Waals surface area contributed by atoms with Gasteiger partial charge < -0.3 is 0 Å². The number of hydrogen-bond acceptors (Lipinski definition) is 4. The molecule has 1 fully saturated rings. The summed E-state index contributed by atoms with van der Waals surface area (Å²) in [5, 5.41) is 12.0. The molecule has 0 aliphatic heterocycles. The van der Waals surface area contributed by atoms with Crippen LogP contribution in [0, 0.1) is 18.3 Å². The zero-order valence-corrected chi connectivity index (χ0v) is 10.9. The van der Waals surface area contributed by atoms with E-state index in [2.05, 4.69) is 16.0 Å². The highest BCUT2D eigenvalue weighted by Gasteiger charge is 2.14. The molecule has 2 rings (SSSR count). The summed E-state index contributed by atoms with van der Waals surface area (Å²) in [6, 6.07) is 2.70. The number of aliphatic imine (C=N–C) groups is 1. The van der Waals surface area contributed by atoms with Crippen LogP contribution in [-0.2, 0) is 0 Å². The van der Waals surface area contributed by atoms with Crippen molar-refractivity contribution in [1.29, 1.82) is 5.26 Å². The lowest BCUT2D eigenvalue weighted by Crippen LogP contribution is -2.10. The topological polar surface area (TPSA) is 49.0 Å². The van der Waals surface area contributed by atoms with Crippen LogP contribution in [0.4, 0.5) is 0 Å². The quantitative estimate of drug-likeness (QED) is 0.768. The van der Waals surface area contributed by atoms with Crippen molar-refractivity contribution in [3.05, 3.63) is 16.1 Å². The smallest absolute Gasteiger partial charge is 0.133 e. The molecule has 1 aromatic heterocycles. The van der Waals surface area contributed by atoms with Crippen molar-refractivity contribution in [2.75, 3.05) is 0 Å². The van der Waals surface area contributed by atoms with Crippen molar-refractivity contribution in [3.63, 3.8) is 0 Å². The molecule has 0 spiro atoms. The molecule has 1 heterocycles. The van der Waals surface area contributed by atoms with Gasteiger partial charge in [-0.25, -0.2) is 4.98 Å². The summed E-state index contributed by atoms with van der Waals surface area (Å²) >= 11 is 1.54. The van der Waals surface area contributed by atoms with Crippen molar-refractivity contribution in [1.82, 2.24) is 4.98 Å². The van der Waals surface area contributed by atoms with Gasteiger partial charge in [0.1, 0.15) is 10.9 Å². The Kier molecular flexibility index (Phi) is 4.27. The van der Waals surface area contributed by atoms with Crippen molar-refractivity contribution in [2.24, 2.45) is 4.99 Å². The van der Waals surface area contributed by atoms with Crippen LogP contribution in [0.5, 0.6) is 0 Å². The van der Waals surface area contributed by atoms with E-state index in [0.29, 0.717) is 6.04 Å². The predicted octanol–water partition coefficient (Wildman–Crippen LogP) is 3.46. The molecule has 0 N–H and O–H groups in total. The van der Waals surface area contributed by atoms with Gasteiger partial charge in [0.05, 0.1) is 6.07 Å². The van der Waals surface area contributed by atoms with Crippen molar-refractivity contribution in [3.8, 4) is 6.07 Å². The van der Waals surface area contributed by atoms with E-state index in [0.717, 1.165) is 10.7 Å². The molecule has 1 saturated carbocycles. The van der Waals surface area contributed by atoms with E-state index < -0.39 is 0 Å². The van der Waals surface area contributed by atoms with Crippen LogP contribution in [0.3, 0.4) is 0 Å². The van der Waals surface area contributed by atoms with Gasteiger partial charge in [-0.2, -0.15) is 5.26 Å². The highest BCUT2D eigenvalue weighted by atomic mass is 32.1. The van der Waals surface area contributed by atoms with Crippen molar-refractivity contribution in [2.45, 2.75) is 51.0 Å². The minimum absolute atomic E-state index is 0.268. The molecule has 0 bridgehead atoms. The van der Waals surface area contributed by atoms with Crippen molar-refractivity contribution < 1.29 is 0 Å². The van der Waals surface area contributed by atoms with E-state index in [1.54, 1.807) is 17.6 Å². The minimum Gasteiger partial charge on any atom is -0.292 e. The summed E-state index contributed by atoms with van der Waals surface area (Å²) in [4.78, 5) is 8.91. The van der Waals surface area contributed by atoms with Crippen LogP contribution in [-0.4, -0.2) is 17.2 Å². The van der Waals surface area contributed by atoms with Crippen molar-refractivity contribution >= 4 is 17.6 Å². The molecule has 1 aliphatic rings. The molecule has 1 atom stereocenters. The molecule has 4 heteroatoms. The summed E-state index contributed by atoms with van der Waals surface area (Å²) in [6.07, 6.45) is 8.02. The Balaban J connectivity index is 2.00. The van der Waals surface area contributed by atoms with Crippen LogP contribution < -0.4 is 0 Å². The minimum atomic E-state index is -0.268. The number of hydrogen-bond donors (Lipinski definition) is 0. The predicted molar refractivity (Wildman–Crippen MR) is 70.6 cm³/mol. The first kappa shape index (κ1) is 12.3. The molecule has 90 valence electrons. The van der Waals surface area contributed by atoms with Gasteiger partial charge in [0, 0.05) is 23.3 Å². The third-order valence-corrected chi connectivity index (χ3v) is 4.11. The molecule has 0 radical (unpaired) electrons. The first-order valence-electron chi connectivity index (χ1n) is 6.14. The fraction of sp³-hybridized carbons (Fsp3) is 0.615. The Morgan fingerprint density at radius 3 is 2.88 bits per heavy atom. The SMILES string of the molecule is Cc1csc([C@H](C#N)C=NC2CCCCC2)n1. The van der Waals surface area contributed by atoms with E-state index in [1.165, 1.54) is 32.1 Å². The third kappa shape index (κ3) is 3.37. The van der Waals surface area contributed by atoms with E-state index in [4.69, 9.17) is 5.26 Å². The zero-order chi connectivity index (χ0) is 12.1. The average Bonchev–Trinajstić information content (AvgIpc) is 2.78. The number of thiazole rings is 1. The Bertz CT molecular complexity index is 424. The maximum atomic E-state index is 9.14. The first-order valence-corrected chi connectivity index (χ1v) is 7.02. The van der Waals surface area contributed by atoms with Crippen LogP contribution in [0.25, 0.3) is 0 Å². The molecule has 0 unspecified atom stereocenters. The third-order valence-electron chi connectivity index (χ3n) is 3.06. The van der Waals surface area contributed by atoms with Gasteiger partial charge in [-0.3, -0.25) is 4.99 Å². The monoisotopic (exact) mass is 247 g/mol. The number of nitrogens with zero attached hydrogens (tertiary/aromatic N) is 3. The molecule has 3 nitrogen and oxygen atoms in total. The standard InChI is InChI=1S/C13H17N3S/c1-10-9-17-13(16-10)11(7-14)8-15-12-5-3-2-4-6-12/h8-9,11-12H,2-6H2,1H3/t11-/m1/s1. The lowest BCUT2D eigenvalue weighted by Gasteiger charge is -2.17. The van der Waals surface area contributed by atoms with E-state index in [-0.39, 0.29) is 5.92 Å². The maximum absolute atomic E-state index is 9.14. The molecule has 1 aliphatic carbocycles. The molecule has 0 amide bonds. The second-order valence-corrected chi connectivity index (χ2v) is 5.41. The largest absolute Gasteiger partial charge is 0.292 e. The van der Waals surface area contributed by atoms with Crippen LogP contribution in [0.15, 0.2) is 10.4 Å². The van der Waals surface area contributed by atoms with Gasteiger partial charge in [-0.15, -0.1) is 11.3 Å². The Morgan fingerprint density at radius 2 is 2.29 bits per heavy atom. The second-order valence-electron chi connectivity index (χ2n) is 4.52. The van der Waals surface area contributed by atoms with Crippen LogP contribution in [0.2, 0.25) is 0 Å². The molecule has 17 heavy (non-hydrogen) atoms. The molecular weight excluding hydrogens is 230 g/mol. The lowest BCUT2D eigenvalue weighted by molar-refractivity contribution is 0.444. The normalized spacial score (nSPS) is 19.3. The molecular formula is C13H17N3S. The summed E-state index contributed by atoms with van der Waals surface area (Å²) in [7, 11) is 0. The van der Waals surface area contributed by atoms with Gasteiger partial charge in [0.15, 0.2) is 0 Å². The van der Waals surface area contributed by atoms with Gasteiger partial charge in [-0.05, 0) is 19.8 Å². The zero-order valence-electron chi connectivity index (χ0n) is 10.1. The summed E-state index contributed by atoms with van der Waals surface area (Å²) in [6.45, 7) is 1.95. The Morgan fingerprint density at radius 1 is 1.53 bits per heavy atom. The Hall–Kier alpha value is -1.21. The summed E-state index contributed by atoms with van der Waals surface area (Å²) in [5.74, 6) is -0.268. The number of aryl methyl sites for hydroxylation is 1.